The van der Waals surface area contributed by atoms with Crippen molar-refractivity contribution in [3.05, 3.63) is 36.0 Å². The smallest absolute Gasteiger partial charge is 0.333 e. The van der Waals surface area contributed by atoms with Gasteiger partial charge in [0, 0.05) is 70.6 Å². The molecular formula is C49H76N8O11. The monoisotopic (exact) mass is 953 g/mol. The summed E-state index contributed by atoms with van der Waals surface area (Å²) in [4.78, 5) is 119. The van der Waals surface area contributed by atoms with Gasteiger partial charge in [-0.3, -0.25) is 38.5 Å². The van der Waals surface area contributed by atoms with Crippen LogP contribution in [0.25, 0.3) is 10.9 Å². The number of nitrogens with one attached hydrogen (secondary N) is 3. The first-order valence-electron chi connectivity index (χ1n) is 24.0. The van der Waals surface area contributed by atoms with Gasteiger partial charge >= 0.3 is 5.97 Å². The number of benzene rings is 1. The second-order valence-electron chi connectivity index (χ2n) is 19.2. The van der Waals surface area contributed by atoms with Crippen molar-refractivity contribution in [2.24, 2.45) is 29.4 Å². The van der Waals surface area contributed by atoms with Gasteiger partial charge in [-0.2, -0.15) is 0 Å². The van der Waals surface area contributed by atoms with Crippen molar-refractivity contribution in [3.8, 4) is 0 Å². The molecule has 0 aliphatic carbocycles. The molecule has 1 aromatic heterocycles. The molecule has 0 spiro atoms. The molecule has 2 aliphatic heterocycles. The van der Waals surface area contributed by atoms with Gasteiger partial charge in [0.2, 0.25) is 29.5 Å². The number of likely N-dealkylation sites (tertiary alicyclic amines) is 1. The van der Waals surface area contributed by atoms with Crippen molar-refractivity contribution in [3.63, 3.8) is 0 Å². The van der Waals surface area contributed by atoms with E-state index in [1.54, 1.807) is 41.9 Å². The predicted octanol–water partition coefficient (Wildman–Crippen LogP) is 3.09. The fourth-order valence-electron chi connectivity index (χ4n) is 9.75. The number of amides is 7. The number of hydrogen-bond donors (Lipinski definition) is 4. The quantitative estimate of drug-likeness (QED) is 0.0996. The highest BCUT2D eigenvalue weighted by Crippen LogP contribution is 2.30. The Labute approximate surface area is 400 Å². The zero-order chi connectivity index (χ0) is 50.6. The van der Waals surface area contributed by atoms with E-state index in [1.165, 1.54) is 14.2 Å². The minimum absolute atomic E-state index is 0.00260. The number of rotatable bonds is 26. The van der Waals surface area contributed by atoms with E-state index >= 15 is 0 Å². The Morgan fingerprint density at radius 1 is 0.912 bits per heavy atom. The van der Waals surface area contributed by atoms with Crippen LogP contribution < -0.4 is 16.4 Å². The number of fused-ring (bicyclic) bond motifs is 1. The number of aromatic amines is 1. The Hall–Kier alpha value is -5.40. The van der Waals surface area contributed by atoms with Gasteiger partial charge in [-0.15, -0.1) is 5.06 Å². The Morgan fingerprint density at radius 2 is 1.57 bits per heavy atom. The van der Waals surface area contributed by atoms with Crippen molar-refractivity contribution in [2.75, 3.05) is 41.4 Å². The molecule has 2 fully saturated rings. The number of ether oxygens (including phenoxy) is 2. The maximum Gasteiger partial charge on any atom is 0.333 e. The van der Waals surface area contributed by atoms with Crippen LogP contribution in [-0.2, 0) is 59.1 Å². The van der Waals surface area contributed by atoms with Gasteiger partial charge in [-0.05, 0) is 62.2 Å². The minimum Gasteiger partial charge on any atom is -0.379 e. The number of primary amides is 1. The SMILES string of the molecule is CC[C@H](C)[C@@H]([C@@H](CC(=O)N1CCC[C@H]1[C@H](OC)[C@@H](C)C(=O)N[C@@H](Cc1c[nH]c2ccccc12)C(N)=O)OC)N(C)C(=O)[C@@H](NC(=O)[C@H](C(C)C)N(C)CCCC(=O)ON1C(=O)CCC1=O)C(C)C. The second kappa shape index (κ2) is 25.3. The van der Waals surface area contributed by atoms with E-state index in [4.69, 9.17) is 20.0 Å². The number of para-hydroxylation sites is 1. The van der Waals surface area contributed by atoms with Crippen LogP contribution in [-0.4, -0.2) is 156 Å². The zero-order valence-electron chi connectivity index (χ0n) is 41.9. The lowest BCUT2D eigenvalue weighted by Gasteiger charge is -2.41. The lowest BCUT2D eigenvalue weighted by molar-refractivity contribution is -0.197. The van der Waals surface area contributed by atoms with Crippen LogP contribution in [0.2, 0.25) is 0 Å². The van der Waals surface area contributed by atoms with E-state index in [0.717, 1.165) is 16.5 Å². The number of nitrogens with two attached hydrogens (primary N) is 1. The molecule has 378 valence electrons. The van der Waals surface area contributed by atoms with Gasteiger partial charge in [0.1, 0.15) is 12.1 Å². The number of H-pyrrole nitrogens is 1. The number of nitrogens with zero attached hydrogens (tertiary/aromatic N) is 4. The van der Waals surface area contributed by atoms with Gasteiger partial charge in [-0.25, -0.2) is 4.79 Å². The number of carbonyl (C=O) groups is 8. The lowest BCUT2D eigenvalue weighted by atomic mass is 9.89. The highest BCUT2D eigenvalue weighted by molar-refractivity contribution is 6.01. The molecule has 2 aromatic rings. The summed E-state index contributed by atoms with van der Waals surface area (Å²) >= 11 is 0. The van der Waals surface area contributed by atoms with Crippen LogP contribution in [0.4, 0.5) is 0 Å². The van der Waals surface area contributed by atoms with Crippen LogP contribution in [0.5, 0.6) is 0 Å². The molecule has 4 rings (SSSR count). The average Bonchev–Trinajstić information content (AvgIpc) is 4.03. The van der Waals surface area contributed by atoms with Crippen molar-refractivity contribution in [1.29, 1.82) is 0 Å². The van der Waals surface area contributed by atoms with Crippen molar-refractivity contribution < 1.29 is 52.7 Å². The standard InChI is InChI=1S/C49H76N8O11/c1-12-30(6)44(55(9)49(65)42(28(2)3)53-48(64)43(29(4)5)54(8)23-16-20-41(61)68-57-38(58)21-22-39(57)59)37(66-10)26-40(60)56-24-15-19-36(56)45(67-11)31(7)47(63)52-35(46(50)62)25-32-27-51-34-18-14-13-17-33(32)34/h13-14,17-18,27-31,35-37,42-45,51H,12,15-16,19-26H2,1-11H3,(H2,50,62)(H,52,63)(H,53,64)/t30-,31+,35-,36-,37+,42-,43-,44-,45+/m0/s1. The molecule has 19 nitrogen and oxygen atoms in total. The van der Waals surface area contributed by atoms with E-state index < -0.39 is 77.9 Å². The number of hydrogen-bond acceptors (Lipinski definition) is 12. The normalized spacial score (nSPS) is 18.9. The molecule has 0 saturated carbocycles. The molecule has 3 heterocycles. The molecule has 0 bridgehead atoms. The zero-order valence-corrected chi connectivity index (χ0v) is 41.9. The number of likely N-dealkylation sites (N-methyl/N-ethyl adjacent to an activating group) is 2. The van der Waals surface area contributed by atoms with E-state index in [1.807, 2.05) is 65.8 Å². The molecule has 9 atom stereocenters. The highest BCUT2D eigenvalue weighted by Gasteiger charge is 2.44. The topological polar surface area (TPSA) is 243 Å². The number of hydroxylamine groups is 2. The first kappa shape index (κ1) is 55.2. The van der Waals surface area contributed by atoms with Gasteiger partial charge in [0.15, 0.2) is 0 Å². The third-order valence-corrected chi connectivity index (χ3v) is 13.7. The third-order valence-electron chi connectivity index (χ3n) is 13.7. The maximum absolute atomic E-state index is 14.6. The molecule has 0 unspecified atom stereocenters. The maximum atomic E-state index is 14.6. The summed E-state index contributed by atoms with van der Waals surface area (Å²) < 4.78 is 12.0. The van der Waals surface area contributed by atoms with Crippen LogP contribution in [0.15, 0.2) is 30.5 Å². The molecule has 5 N–H and O–H groups in total. The largest absolute Gasteiger partial charge is 0.379 e. The van der Waals surface area contributed by atoms with E-state index in [9.17, 15) is 38.4 Å². The Morgan fingerprint density at radius 3 is 2.16 bits per heavy atom. The predicted molar refractivity (Wildman–Crippen MR) is 254 cm³/mol. The number of carbonyl (C=O) groups excluding carboxylic acids is 8. The number of aromatic nitrogens is 1. The third kappa shape index (κ3) is 13.6. The number of imide groups is 1. The van der Waals surface area contributed by atoms with Crippen molar-refractivity contribution in [2.45, 2.75) is 149 Å². The molecular weight excluding hydrogens is 877 g/mol. The summed E-state index contributed by atoms with van der Waals surface area (Å²) in [5.41, 5.74) is 7.53. The molecule has 1 aromatic carbocycles. The lowest BCUT2D eigenvalue weighted by Crippen LogP contribution is -2.60. The van der Waals surface area contributed by atoms with Gasteiger partial charge < -0.3 is 45.5 Å². The fraction of sp³-hybridized carbons (Fsp3) is 0.673. The summed E-state index contributed by atoms with van der Waals surface area (Å²) in [5, 5.41) is 7.29. The van der Waals surface area contributed by atoms with Crippen LogP contribution >= 0.6 is 0 Å². The summed E-state index contributed by atoms with van der Waals surface area (Å²) in [6, 6.07) is 4.05. The van der Waals surface area contributed by atoms with E-state index in [2.05, 4.69) is 15.6 Å². The Kier molecular flexibility index (Phi) is 20.5. The van der Waals surface area contributed by atoms with Gasteiger partial charge in [-0.1, -0.05) is 73.1 Å². The van der Waals surface area contributed by atoms with Gasteiger partial charge in [0.05, 0.1) is 42.7 Å². The average molecular weight is 953 g/mol. The van der Waals surface area contributed by atoms with Gasteiger partial charge in [0.25, 0.3) is 11.8 Å². The summed E-state index contributed by atoms with van der Waals surface area (Å²) in [6.45, 7) is 13.9. The highest BCUT2D eigenvalue weighted by atomic mass is 16.7. The Balaban J connectivity index is 1.42. The number of methoxy groups -OCH3 is 2. The van der Waals surface area contributed by atoms with Crippen LogP contribution in [0.3, 0.4) is 0 Å². The minimum atomic E-state index is -0.983. The van der Waals surface area contributed by atoms with Crippen LogP contribution in [0.1, 0.15) is 105 Å². The fourth-order valence-corrected chi connectivity index (χ4v) is 9.75. The summed E-state index contributed by atoms with van der Waals surface area (Å²) in [6.07, 6.45) is 2.59. The first-order valence-corrected chi connectivity index (χ1v) is 24.0. The summed E-state index contributed by atoms with van der Waals surface area (Å²) in [7, 11) is 6.44. The van der Waals surface area contributed by atoms with Crippen LogP contribution in [0, 0.1) is 23.7 Å². The van der Waals surface area contributed by atoms with E-state index in [-0.39, 0.29) is 74.0 Å². The first-order chi connectivity index (χ1) is 32.2. The van der Waals surface area contributed by atoms with Crippen molar-refractivity contribution in [1.82, 2.24) is 35.4 Å². The molecule has 7 amide bonds. The Bertz CT molecular complexity index is 2080. The molecule has 0 radical (unpaired) electrons. The van der Waals surface area contributed by atoms with Crippen molar-refractivity contribution >= 4 is 58.2 Å². The summed E-state index contributed by atoms with van der Waals surface area (Å²) in [5.74, 6) is -5.27. The molecule has 19 heteroatoms. The van der Waals surface area contributed by atoms with E-state index in [0.29, 0.717) is 37.4 Å². The molecule has 2 saturated heterocycles. The molecule has 68 heavy (non-hydrogen) atoms. The molecule has 2 aliphatic rings. The second-order valence-corrected chi connectivity index (χ2v) is 19.2.